The summed E-state index contributed by atoms with van der Waals surface area (Å²) in [4.78, 5) is 91.2. The zero-order valence-electron chi connectivity index (χ0n) is 51.4. The molecule has 3 N–H and O–H groups in total. The van der Waals surface area contributed by atoms with E-state index in [9.17, 15) is 33.6 Å². The van der Waals surface area contributed by atoms with Gasteiger partial charge in [-0.05, 0) is 61.3 Å². The van der Waals surface area contributed by atoms with Gasteiger partial charge >= 0.3 is 6.09 Å². The van der Waals surface area contributed by atoms with Crippen molar-refractivity contribution in [2.45, 2.75) is 83.8 Å². The van der Waals surface area contributed by atoms with Crippen LogP contribution in [0.3, 0.4) is 0 Å². The third-order valence-electron chi connectivity index (χ3n) is 13.4. The molecular formula is C64H94N6O18. The Morgan fingerprint density at radius 1 is 0.568 bits per heavy atom. The highest BCUT2D eigenvalue weighted by Gasteiger charge is 2.24. The Bertz CT molecular complexity index is 2420. The zero-order chi connectivity index (χ0) is 62.9. The molecule has 0 saturated heterocycles. The maximum absolute atomic E-state index is 13.7. The van der Waals surface area contributed by atoms with Crippen molar-refractivity contribution >= 4 is 53.3 Å². The van der Waals surface area contributed by atoms with Crippen molar-refractivity contribution in [1.82, 2.24) is 25.8 Å². The van der Waals surface area contributed by atoms with Crippen LogP contribution in [0.5, 0.6) is 0 Å². The summed E-state index contributed by atoms with van der Waals surface area (Å²) in [5.41, 5.74) is 3.79. The average molecular weight is 1240 g/mol. The molecule has 488 valence electrons. The van der Waals surface area contributed by atoms with Gasteiger partial charge in [0.25, 0.3) is 11.8 Å². The number of allylic oxidation sites excluding steroid dienone is 2. The number of aryl methyl sites for hydroxylation is 1. The number of amides is 7. The first-order valence-corrected chi connectivity index (χ1v) is 30.6. The predicted octanol–water partition coefficient (Wildman–Crippen LogP) is 5.22. The van der Waals surface area contributed by atoms with E-state index in [1.54, 1.807) is 17.2 Å². The predicted molar refractivity (Wildman–Crippen MR) is 329 cm³/mol. The van der Waals surface area contributed by atoms with Gasteiger partial charge in [0.2, 0.25) is 23.6 Å². The minimum absolute atomic E-state index is 0.0132. The lowest BCUT2D eigenvalue weighted by molar-refractivity contribution is -0.137. The molecule has 1 atom stereocenters. The lowest BCUT2D eigenvalue weighted by Crippen LogP contribution is -2.35. The first kappa shape index (κ1) is 73.6. The van der Waals surface area contributed by atoms with Crippen LogP contribution in [0.15, 0.2) is 91.9 Å². The first-order valence-electron chi connectivity index (χ1n) is 30.6. The molecule has 2 aromatic rings. The molecule has 1 aliphatic carbocycles. The molecule has 24 nitrogen and oxygen atoms in total. The van der Waals surface area contributed by atoms with Crippen LogP contribution in [0, 0.1) is 0 Å². The summed E-state index contributed by atoms with van der Waals surface area (Å²) in [5.74, 6) is -1.73. The van der Waals surface area contributed by atoms with Crippen molar-refractivity contribution in [3.8, 4) is 0 Å². The smallest absolute Gasteiger partial charge is 0.407 e. The molecule has 0 fully saturated rings. The Kier molecular flexibility index (Phi) is 40.2. The summed E-state index contributed by atoms with van der Waals surface area (Å²) in [6.07, 6.45) is 16.5. The van der Waals surface area contributed by atoms with Crippen molar-refractivity contribution in [2.24, 2.45) is 0 Å². The van der Waals surface area contributed by atoms with Gasteiger partial charge in [-0.2, -0.15) is 0 Å². The van der Waals surface area contributed by atoms with Gasteiger partial charge in [-0.1, -0.05) is 74.2 Å². The molecule has 4 rings (SSSR count). The number of benzene rings is 2. The Morgan fingerprint density at radius 3 is 1.70 bits per heavy atom. The minimum atomic E-state index is -0.431. The average Bonchev–Trinajstić information content (AvgIpc) is 2.38. The van der Waals surface area contributed by atoms with E-state index < -0.39 is 17.9 Å². The number of para-hydroxylation sites is 1. The van der Waals surface area contributed by atoms with Crippen molar-refractivity contribution in [3.63, 3.8) is 0 Å². The van der Waals surface area contributed by atoms with Gasteiger partial charge in [-0.3, -0.25) is 33.7 Å². The third-order valence-corrected chi connectivity index (χ3v) is 13.4. The zero-order valence-corrected chi connectivity index (χ0v) is 51.4. The molecule has 7 amide bonds. The van der Waals surface area contributed by atoms with Gasteiger partial charge in [0.1, 0.15) is 12.7 Å². The van der Waals surface area contributed by atoms with Crippen LogP contribution in [0.4, 0.5) is 10.5 Å². The van der Waals surface area contributed by atoms with Crippen molar-refractivity contribution in [2.75, 3.05) is 163 Å². The van der Waals surface area contributed by atoms with E-state index in [4.69, 9.17) is 52.1 Å². The number of hydrogen-bond acceptors (Lipinski definition) is 18. The molecule has 1 aliphatic heterocycles. The molecule has 1 heterocycles. The standard InChI is InChI=1S/C64H94N6O18/c1-3-53-14-10-11-16-55(53)52-70(57-19-13-12-15-54(57)4-2)63(76)21-20-58(71)65-26-33-79-39-45-85-48-42-82-36-30-68(31-37-83-43-49-86-47-41-81-35-28-67-64(77)88-56-17-8-6-5-7-9-18-56)60(73)25-32-78-38-44-84-50-51-87-46-40-80-34-27-66-59(72)24-29-69-61(74)22-23-62(69)75/h3,5-6,10-16,19,22-23,31,37,56H,1,4,7-9,17-18,20-21,24-30,32-36,38-52H2,2H3,(H,65,71)(H,66,72)(H,67,77)/b6-5?,37-31+/t56-/m0/s1. The first-order chi connectivity index (χ1) is 43.1. The number of ether oxygens (including phenoxy) is 11. The van der Waals surface area contributed by atoms with Crippen molar-refractivity contribution in [1.29, 1.82) is 0 Å². The summed E-state index contributed by atoms with van der Waals surface area (Å²) in [5, 5.41) is 8.24. The molecule has 88 heavy (non-hydrogen) atoms. The summed E-state index contributed by atoms with van der Waals surface area (Å²) >= 11 is 0. The summed E-state index contributed by atoms with van der Waals surface area (Å²) in [7, 11) is 0. The van der Waals surface area contributed by atoms with Crippen LogP contribution in [0.2, 0.25) is 0 Å². The lowest BCUT2D eigenvalue weighted by Gasteiger charge is -2.26. The number of imide groups is 1. The van der Waals surface area contributed by atoms with E-state index in [2.05, 4.69) is 41.6 Å². The van der Waals surface area contributed by atoms with Crippen molar-refractivity contribution in [3.05, 3.63) is 109 Å². The molecule has 24 heteroatoms. The number of hydrogen-bond donors (Lipinski definition) is 3. The number of rotatable bonds is 50. The van der Waals surface area contributed by atoms with E-state index >= 15 is 0 Å². The normalized spacial score (nSPS) is 14.0. The maximum Gasteiger partial charge on any atom is 0.407 e. The Hall–Kier alpha value is -6.87. The number of carbonyl (C=O) groups excluding carboxylic acids is 7. The number of nitrogens with zero attached hydrogens (tertiary/aromatic N) is 3. The molecule has 0 saturated carbocycles. The fourth-order valence-electron chi connectivity index (χ4n) is 8.68. The van der Waals surface area contributed by atoms with E-state index in [1.807, 2.05) is 48.5 Å². The number of carbonyl (C=O) groups is 7. The van der Waals surface area contributed by atoms with Gasteiger partial charge in [0.15, 0.2) is 0 Å². The van der Waals surface area contributed by atoms with Crippen LogP contribution in [0.25, 0.3) is 6.08 Å². The number of alkyl carbamates (subject to hydrolysis) is 1. The molecule has 0 unspecified atom stereocenters. The quantitative estimate of drug-likeness (QED) is 0.0332. The highest BCUT2D eigenvalue weighted by atomic mass is 16.6. The summed E-state index contributed by atoms with van der Waals surface area (Å²) in [6, 6.07) is 15.6. The van der Waals surface area contributed by atoms with Crippen LogP contribution in [0.1, 0.15) is 81.4 Å². The van der Waals surface area contributed by atoms with E-state index in [0.717, 1.165) is 65.8 Å². The van der Waals surface area contributed by atoms with Crippen LogP contribution < -0.4 is 20.9 Å². The fraction of sp³-hybridized carbons (Fsp3) is 0.578. The van der Waals surface area contributed by atoms with Gasteiger partial charge in [-0.15, -0.1) is 0 Å². The number of anilines is 1. The summed E-state index contributed by atoms with van der Waals surface area (Å²) in [6.45, 7) is 13.0. The maximum atomic E-state index is 13.7. The molecule has 0 bridgehead atoms. The second-order valence-electron chi connectivity index (χ2n) is 19.9. The largest absolute Gasteiger partial charge is 0.497 e. The molecule has 2 aliphatic rings. The van der Waals surface area contributed by atoms with Crippen LogP contribution in [-0.4, -0.2) is 216 Å². The molecule has 0 radical (unpaired) electrons. The highest BCUT2D eigenvalue weighted by molar-refractivity contribution is 6.13. The lowest BCUT2D eigenvalue weighted by atomic mass is 10.0. The topological polar surface area (TPSA) is 267 Å². The van der Waals surface area contributed by atoms with Gasteiger partial charge in [0.05, 0.1) is 138 Å². The highest BCUT2D eigenvalue weighted by Crippen LogP contribution is 2.26. The van der Waals surface area contributed by atoms with Crippen molar-refractivity contribution < 1.29 is 85.7 Å². The monoisotopic (exact) mass is 1230 g/mol. The molecular weight excluding hydrogens is 1140 g/mol. The fourth-order valence-corrected chi connectivity index (χ4v) is 8.68. The van der Waals surface area contributed by atoms with Crippen LogP contribution in [-0.2, 0) is 93.8 Å². The SMILES string of the molecule is C=Cc1ccccc1CN(C(=O)CCC(=O)NCCOCCOCCOCCN(/C=C/OCCOCCOCCNC(=O)O[C@H]1CCC=CCCC1)C(=O)CCOCCOCCOCCOCCNC(=O)CCN1C(=O)C=CC1=O)c1ccccc1CC. The Morgan fingerprint density at radius 2 is 1.09 bits per heavy atom. The van der Waals surface area contributed by atoms with Gasteiger partial charge < -0.3 is 77.9 Å². The van der Waals surface area contributed by atoms with E-state index in [1.165, 1.54) is 23.3 Å². The Balaban J connectivity index is 1.03. The molecule has 0 spiro atoms. The Labute approximate surface area is 518 Å². The van der Waals surface area contributed by atoms with Crippen LogP contribution >= 0.6 is 0 Å². The van der Waals surface area contributed by atoms with E-state index in [0.29, 0.717) is 85.8 Å². The molecule has 2 aromatic carbocycles. The second kappa shape index (κ2) is 48.1. The number of nitrogens with one attached hydrogen (secondary N) is 3. The van der Waals surface area contributed by atoms with Gasteiger partial charge in [-0.25, -0.2) is 4.79 Å². The third kappa shape index (κ3) is 33.5. The van der Waals surface area contributed by atoms with E-state index in [-0.39, 0.29) is 134 Å². The minimum Gasteiger partial charge on any atom is -0.497 e. The summed E-state index contributed by atoms with van der Waals surface area (Å²) < 4.78 is 61.5. The second-order valence-corrected chi connectivity index (χ2v) is 19.9. The molecule has 0 aromatic heterocycles. The van der Waals surface area contributed by atoms with Gasteiger partial charge in [0, 0.05) is 76.0 Å².